The number of hydrogen-bond donors (Lipinski definition) is 0. The molecule has 0 saturated heterocycles. The van der Waals surface area contributed by atoms with Crippen LogP contribution in [0.25, 0.3) is 6.08 Å². The van der Waals surface area contributed by atoms with E-state index in [0.29, 0.717) is 17.0 Å². The molecular weight excluding hydrogens is 302 g/mol. The number of aromatic nitrogens is 1. The topological polar surface area (TPSA) is 65.5 Å². The Bertz CT molecular complexity index is 706. The van der Waals surface area contributed by atoms with Crippen LogP contribution in [-0.2, 0) is 9.53 Å². The van der Waals surface area contributed by atoms with E-state index in [-0.39, 0.29) is 12.4 Å². The number of benzene rings is 1. The van der Waals surface area contributed by atoms with E-state index in [1.807, 2.05) is 12.3 Å². The molecule has 1 heterocycles. The fourth-order valence-corrected chi connectivity index (χ4v) is 2.33. The summed E-state index contributed by atoms with van der Waals surface area (Å²) in [6.45, 7) is 1.55. The summed E-state index contributed by atoms with van der Waals surface area (Å²) in [4.78, 5) is 27.8. The maximum Gasteiger partial charge on any atom is 0.331 e. The minimum Gasteiger partial charge on any atom is -0.496 e. The Kier molecular flexibility index (Phi) is 5.43. The second kappa shape index (κ2) is 7.51. The molecule has 0 aliphatic heterocycles. The Balaban J connectivity index is 1.90. The number of hydrogen-bond acceptors (Lipinski definition) is 6. The molecule has 0 aliphatic carbocycles. The number of carbonyl (C=O) groups excluding carboxylic acids is 2. The lowest BCUT2D eigenvalue weighted by molar-refractivity contribution is -0.136. The average Bonchev–Trinajstić information content (AvgIpc) is 2.96. The van der Waals surface area contributed by atoms with Crippen molar-refractivity contribution in [2.24, 2.45) is 0 Å². The predicted molar refractivity (Wildman–Crippen MR) is 84.2 cm³/mol. The van der Waals surface area contributed by atoms with Gasteiger partial charge < -0.3 is 9.47 Å². The molecule has 1 aromatic heterocycles. The number of para-hydroxylation sites is 1. The van der Waals surface area contributed by atoms with E-state index in [1.54, 1.807) is 30.3 Å². The van der Waals surface area contributed by atoms with Crippen LogP contribution in [0.2, 0.25) is 0 Å². The third-order valence-electron chi connectivity index (χ3n) is 2.78. The van der Waals surface area contributed by atoms with E-state index in [0.717, 1.165) is 5.01 Å². The standard InChI is InChI=1S/C16H15NO4S/c1-11-17-12(10-22-11)7-8-16(19)21-9-14(18)13-5-3-4-6-15(13)20-2/h3-8,10H,9H2,1-2H3/b8-7+. The van der Waals surface area contributed by atoms with Crippen LogP contribution in [0.1, 0.15) is 21.1 Å². The number of thiazole rings is 1. The van der Waals surface area contributed by atoms with Crippen molar-refractivity contribution in [1.29, 1.82) is 0 Å². The van der Waals surface area contributed by atoms with Crippen molar-refractivity contribution in [3.63, 3.8) is 0 Å². The molecule has 6 heteroatoms. The Labute approximate surface area is 132 Å². The van der Waals surface area contributed by atoms with Gasteiger partial charge in [-0.3, -0.25) is 4.79 Å². The number of carbonyl (C=O) groups is 2. The van der Waals surface area contributed by atoms with E-state index in [4.69, 9.17) is 9.47 Å². The van der Waals surface area contributed by atoms with Crippen molar-refractivity contribution in [1.82, 2.24) is 4.98 Å². The Morgan fingerprint density at radius 2 is 2.09 bits per heavy atom. The SMILES string of the molecule is COc1ccccc1C(=O)COC(=O)/C=C/c1csc(C)n1. The van der Waals surface area contributed by atoms with Gasteiger partial charge in [-0.1, -0.05) is 12.1 Å². The van der Waals surface area contributed by atoms with Crippen molar-refractivity contribution in [3.8, 4) is 5.75 Å². The van der Waals surface area contributed by atoms with Crippen LogP contribution in [0.3, 0.4) is 0 Å². The number of methoxy groups -OCH3 is 1. The molecule has 0 fully saturated rings. The summed E-state index contributed by atoms with van der Waals surface area (Å²) in [5.74, 6) is -0.449. The van der Waals surface area contributed by atoms with Crippen LogP contribution in [0.4, 0.5) is 0 Å². The van der Waals surface area contributed by atoms with Gasteiger partial charge in [0.2, 0.25) is 5.78 Å². The first-order valence-corrected chi connectivity index (χ1v) is 7.41. The Morgan fingerprint density at radius 3 is 2.77 bits per heavy atom. The van der Waals surface area contributed by atoms with Gasteiger partial charge in [0, 0.05) is 11.5 Å². The van der Waals surface area contributed by atoms with Gasteiger partial charge in [-0.25, -0.2) is 9.78 Å². The first-order valence-electron chi connectivity index (χ1n) is 6.53. The third kappa shape index (κ3) is 4.26. The highest BCUT2D eigenvalue weighted by Gasteiger charge is 2.13. The Hall–Kier alpha value is -2.47. The molecule has 0 aliphatic rings. The van der Waals surface area contributed by atoms with Crippen molar-refractivity contribution in [3.05, 3.63) is 52.0 Å². The highest BCUT2D eigenvalue weighted by atomic mass is 32.1. The monoisotopic (exact) mass is 317 g/mol. The zero-order chi connectivity index (χ0) is 15.9. The number of Topliss-reactive ketones (excluding diaryl/α,β-unsaturated/α-hetero) is 1. The van der Waals surface area contributed by atoms with Crippen LogP contribution in [-0.4, -0.2) is 30.5 Å². The quantitative estimate of drug-likeness (QED) is 0.465. The molecule has 5 nitrogen and oxygen atoms in total. The van der Waals surface area contributed by atoms with Gasteiger partial charge in [-0.15, -0.1) is 11.3 Å². The molecule has 2 rings (SSSR count). The van der Waals surface area contributed by atoms with Crippen LogP contribution in [0.5, 0.6) is 5.75 Å². The summed E-state index contributed by atoms with van der Waals surface area (Å²) < 4.78 is 10.0. The zero-order valence-electron chi connectivity index (χ0n) is 12.2. The summed E-state index contributed by atoms with van der Waals surface area (Å²) in [5.41, 5.74) is 1.08. The molecule has 0 radical (unpaired) electrons. The van der Waals surface area contributed by atoms with Gasteiger partial charge in [0.1, 0.15) is 5.75 Å². The van der Waals surface area contributed by atoms with Crippen molar-refractivity contribution >= 4 is 29.2 Å². The molecular formula is C16H15NO4S. The minimum atomic E-state index is -0.589. The summed E-state index contributed by atoms with van der Waals surface area (Å²) >= 11 is 1.49. The lowest BCUT2D eigenvalue weighted by atomic mass is 10.1. The van der Waals surface area contributed by atoms with Crippen LogP contribution in [0.15, 0.2) is 35.7 Å². The molecule has 0 unspecified atom stereocenters. The van der Waals surface area contributed by atoms with Gasteiger partial charge in [0.15, 0.2) is 6.61 Å². The maximum absolute atomic E-state index is 12.0. The first-order chi connectivity index (χ1) is 10.6. The highest BCUT2D eigenvalue weighted by molar-refractivity contribution is 7.09. The van der Waals surface area contributed by atoms with Crippen LogP contribution in [0, 0.1) is 6.92 Å². The second-order valence-electron chi connectivity index (χ2n) is 4.36. The lowest BCUT2D eigenvalue weighted by Gasteiger charge is -2.06. The van der Waals surface area contributed by atoms with E-state index in [9.17, 15) is 9.59 Å². The molecule has 0 atom stereocenters. The summed E-state index contributed by atoms with van der Waals surface area (Å²) in [6.07, 6.45) is 2.81. The van der Waals surface area contributed by atoms with E-state index in [1.165, 1.54) is 24.5 Å². The largest absolute Gasteiger partial charge is 0.496 e. The number of esters is 1. The fourth-order valence-electron chi connectivity index (χ4n) is 1.75. The van der Waals surface area contributed by atoms with E-state index >= 15 is 0 Å². The summed E-state index contributed by atoms with van der Waals surface area (Å²) in [7, 11) is 1.48. The molecule has 0 saturated carbocycles. The fraction of sp³-hybridized carbons (Fsp3) is 0.188. The lowest BCUT2D eigenvalue weighted by Crippen LogP contribution is -2.13. The molecule has 0 bridgehead atoms. The number of aryl methyl sites for hydroxylation is 1. The number of nitrogens with zero attached hydrogens (tertiary/aromatic N) is 1. The van der Waals surface area contributed by atoms with E-state index in [2.05, 4.69) is 4.98 Å². The van der Waals surface area contributed by atoms with Crippen molar-refractivity contribution in [2.75, 3.05) is 13.7 Å². The van der Waals surface area contributed by atoms with Gasteiger partial charge in [0.05, 0.1) is 23.4 Å². The molecule has 1 aromatic carbocycles. The van der Waals surface area contributed by atoms with Gasteiger partial charge in [-0.2, -0.15) is 0 Å². The normalized spacial score (nSPS) is 10.6. The van der Waals surface area contributed by atoms with Gasteiger partial charge in [-0.05, 0) is 25.1 Å². The van der Waals surface area contributed by atoms with Gasteiger partial charge >= 0.3 is 5.97 Å². The van der Waals surface area contributed by atoms with Crippen molar-refractivity contribution in [2.45, 2.75) is 6.92 Å². The average molecular weight is 317 g/mol. The summed E-state index contributed by atoms with van der Waals surface area (Å²) in [6, 6.07) is 6.80. The van der Waals surface area contributed by atoms with Crippen LogP contribution >= 0.6 is 11.3 Å². The summed E-state index contributed by atoms with van der Waals surface area (Å²) in [5, 5.41) is 2.75. The molecule has 0 amide bonds. The smallest absolute Gasteiger partial charge is 0.331 e. The van der Waals surface area contributed by atoms with Crippen LogP contribution < -0.4 is 4.74 Å². The number of rotatable bonds is 6. The first kappa shape index (κ1) is 15.9. The minimum absolute atomic E-state index is 0.316. The Morgan fingerprint density at radius 1 is 1.32 bits per heavy atom. The van der Waals surface area contributed by atoms with Crippen molar-refractivity contribution < 1.29 is 19.1 Å². The molecule has 0 N–H and O–H groups in total. The third-order valence-corrected chi connectivity index (χ3v) is 3.57. The predicted octanol–water partition coefficient (Wildman–Crippen LogP) is 2.90. The molecule has 22 heavy (non-hydrogen) atoms. The maximum atomic E-state index is 12.0. The molecule has 0 spiro atoms. The zero-order valence-corrected chi connectivity index (χ0v) is 13.1. The molecule has 2 aromatic rings. The van der Waals surface area contributed by atoms with E-state index < -0.39 is 5.97 Å². The molecule has 114 valence electrons. The second-order valence-corrected chi connectivity index (χ2v) is 5.42. The number of ether oxygens (including phenoxy) is 2. The number of ketones is 1. The van der Waals surface area contributed by atoms with Gasteiger partial charge in [0.25, 0.3) is 0 Å². The highest BCUT2D eigenvalue weighted by Crippen LogP contribution is 2.17.